The third-order valence-electron chi connectivity index (χ3n) is 5.27. The van der Waals surface area contributed by atoms with E-state index in [0.717, 1.165) is 27.6 Å². The molecular formula is C25H14F3N3. The van der Waals surface area contributed by atoms with E-state index in [2.05, 4.69) is 5.10 Å². The Morgan fingerprint density at radius 1 is 0.774 bits per heavy atom. The molecule has 3 nitrogen and oxygen atoms in total. The zero-order valence-corrected chi connectivity index (χ0v) is 16.1. The summed E-state index contributed by atoms with van der Waals surface area (Å²) in [6.45, 7) is 0. The number of halogens is 3. The lowest BCUT2D eigenvalue weighted by Gasteiger charge is -2.14. The summed E-state index contributed by atoms with van der Waals surface area (Å²) >= 11 is 0. The predicted molar refractivity (Wildman–Crippen MR) is 114 cm³/mol. The summed E-state index contributed by atoms with van der Waals surface area (Å²) in [6.07, 6.45) is -4.59. The first-order valence-corrected chi connectivity index (χ1v) is 9.54. The van der Waals surface area contributed by atoms with Gasteiger partial charge in [-0.3, -0.25) is 0 Å². The molecular weight excluding hydrogens is 399 g/mol. The van der Waals surface area contributed by atoms with Crippen molar-refractivity contribution in [2.75, 3.05) is 0 Å². The van der Waals surface area contributed by atoms with Crippen molar-refractivity contribution in [1.29, 1.82) is 5.26 Å². The molecule has 0 aliphatic heterocycles. The summed E-state index contributed by atoms with van der Waals surface area (Å²) in [5.41, 5.74) is 0.917. The maximum Gasteiger partial charge on any atom is 0.435 e. The van der Waals surface area contributed by atoms with Crippen molar-refractivity contribution in [3.63, 3.8) is 0 Å². The van der Waals surface area contributed by atoms with Crippen LogP contribution in [0.3, 0.4) is 0 Å². The molecule has 6 heteroatoms. The van der Waals surface area contributed by atoms with E-state index in [-0.39, 0.29) is 0 Å². The second-order valence-corrected chi connectivity index (χ2v) is 7.18. The monoisotopic (exact) mass is 413 g/mol. The van der Waals surface area contributed by atoms with Crippen LogP contribution in [0.15, 0.2) is 84.9 Å². The zero-order valence-electron chi connectivity index (χ0n) is 16.1. The smallest absolute Gasteiger partial charge is 0.232 e. The standard InChI is InChI=1S/C25H14F3N3/c26-25(27,28)23-14-22(31(30-23)19-11-9-16(15-29)10-12-19)24-20-7-3-1-5-17(20)13-18-6-2-4-8-21(18)24/h1-14H. The first-order chi connectivity index (χ1) is 15.0. The Kier molecular flexibility index (Phi) is 4.26. The topological polar surface area (TPSA) is 41.6 Å². The van der Waals surface area contributed by atoms with Crippen molar-refractivity contribution in [3.8, 4) is 23.0 Å². The van der Waals surface area contributed by atoms with Crippen LogP contribution >= 0.6 is 0 Å². The van der Waals surface area contributed by atoms with Gasteiger partial charge in [-0.15, -0.1) is 0 Å². The van der Waals surface area contributed by atoms with Gasteiger partial charge < -0.3 is 0 Å². The van der Waals surface area contributed by atoms with E-state index < -0.39 is 11.9 Å². The summed E-state index contributed by atoms with van der Waals surface area (Å²) in [7, 11) is 0. The maximum atomic E-state index is 13.6. The van der Waals surface area contributed by atoms with Crippen LogP contribution in [0, 0.1) is 11.3 Å². The summed E-state index contributed by atoms with van der Waals surface area (Å²) < 4.78 is 42.2. The first kappa shape index (κ1) is 18.9. The molecule has 1 aromatic heterocycles. The van der Waals surface area contributed by atoms with Crippen molar-refractivity contribution < 1.29 is 13.2 Å². The average molecular weight is 413 g/mol. The number of nitrogens with zero attached hydrogens (tertiary/aromatic N) is 3. The molecule has 5 rings (SSSR count). The Balaban J connectivity index is 1.89. The SMILES string of the molecule is N#Cc1ccc(-n2nc(C(F)(F)F)cc2-c2c3ccccc3cc3ccccc23)cc1. The van der Waals surface area contributed by atoms with Crippen LogP contribution in [-0.2, 0) is 6.18 Å². The van der Waals surface area contributed by atoms with Crippen molar-refractivity contribution in [1.82, 2.24) is 9.78 Å². The van der Waals surface area contributed by atoms with Gasteiger partial charge in [0, 0.05) is 5.56 Å². The molecule has 31 heavy (non-hydrogen) atoms. The lowest BCUT2D eigenvalue weighted by molar-refractivity contribution is -0.141. The third kappa shape index (κ3) is 3.21. The second kappa shape index (κ2) is 6.99. The van der Waals surface area contributed by atoms with Gasteiger partial charge in [-0.25, -0.2) is 4.68 Å². The van der Waals surface area contributed by atoms with Crippen molar-refractivity contribution in [2.45, 2.75) is 6.18 Å². The summed E-state index contributed by atoms with van der Waals surface area (Å²) in [5.74, 6) is 0. The van der Waals surface area contributed by atoms with E-state index in [1.165, 1.54) is 4.68 Å². The Hall–Kier alpha value is -4.11. The molecule has 0 radical (unpaired) electrons. The highest BCUT2D eigenvalue weighted by molar-refractivity contribution is 6.12. The Morgan fingerprint density at radius 3 is 1.90 bits per heavy atom. The molecule has 0 aliphatic carbocycles. The van der Waals surface area contributed by atoms with Gasteiger partial charge in [-0.2, -0.15) is 23.5 Å². The average Bonchev–Trinajstić information content (AvgIpc) is 3.23. The zero-order chi connectivity index (χ0) is 21.6. The summed E-state index contributed by atoms with van der Waals surface area (Å²) in [4.78, 5) is 0. The van der Waals surface area contributed by atoms with Gasteiger partial charge in [0.2, 0.25) is 0 Å². The van der Waals surface area contributed by atoms with Gasteiger partial charge in [0.15, 0.2) is 5.69 Å². The predicted octanol–water partition coefficient (Wildman–Crippen LogP) is 6.74. The van der Waals surface area contributed by atoms with Gasteiger partial charge in [0.05, 0.1) is 23.0 Å². The van der Waals surface area contributed by atoms with Crippen molar-refractivity contribution >= 4 is 21.5 Å². The molecule has 0 bridgehead atoms. The van der Waals surface area contributed by atoms with Crippen LogP contribution < -0.4 is 0 Å². The number of fused-ring (bicyclic) bond motifs is 2. The molecule has 0 saturated carbocycles. The van der Waals surface area contributed by atoms with E-state index in [1.807, 2.05) is 60.7 Å². The van der Waals surface area contributed by atoms with Crippen molar-refractivity contribution in [2.24, 2.45) is 0 Å². The number of alkyl halides is 3. The Bertz CT molecular complexity index is 1420. The highest BCUT2D eigenvalue weighted by atomic mass is 19.4. The van der Waals surface area contributed by atoms with E-state index in [1.54, 1.807) is 24.3 Å². The molecule has 150 valence electrons. The minimum Gasteiger partial charge on any atom is -0.232 e. The van der Waals surface area contributed by atoms with Crippen LogP contribution in [0.2, 0.25) is 0 Å². The highest BCUT2D eigenvalue weighted by Crippen LogP contribution is 2.40. The minimum absolute atomic E-state index is 0.338. The molecule has 0 unspecified atom stereocenters. The molecule has 0 N–H and O–H groups in total. The lowest BCUT2D eigenvalue weighted by atomic mass is 9.94. The van der Waals surface area contributed by atoms with Crippen LogP contribution in [0.1, 0.15) is 11.3 Å². The molecule has 0 aliphatic rings. The van der Waals surface area contributed by atoms with Crippen LogP contribution in [0.25, 0.3) is 38.5 Å². The molecule has 0 spiro atoms. The molecule has 0 fully saturated rings. The fraction of sp³-hybridized carbons (Fsp3) is 0.0400. The van der Waals surface area contributed by atoms with Crippen LogP contribution in [-0.4, -0.2) is 9.78 Å². The number of aromatic nitrogens is 2. The fourth-order valence-corrected chi connectivity index (χ4v) is 3.86. The molecule has 0 saturated heterocycles. The number of rotatable bonds is 2. The number of hydrogen-bond acceptors (Lipinski definition) is 2. The van der Waals surface area contributed by atoms with Crippen LogP contribution in [0.4, 0.5) is 13.2 Å². The van der Waals surface area contributed by atoms with E-state index in [4.69, 9.17) is 5.26 Å². The minimum atomic E-state index is -4.59. The quantitative estimate of drug-likeness (QED) is 0.301. The van der Waals surface area contributed by atoms with E-state index in [9.17, 15) is 13.2 Å². The van der Waals surface area contributed by atoms with E-state index in [0.29, 0.717) is 22.5 Å². The van der Waals surface area contributed by atoms with E-state index >= 15 is 0 Å². The molecule has 1 heterocycles. The number of benzene rings is 4. The van der Waals surface area contributed by atoms with Gasteiger partial charge >= 0.3 is 6.18 Å². The second-order valence-electron chi connectivity index (χ2n) is 7.18. The Labute approximate surface area is 175 Å². The molecule has 0 amide bonds. The summed E-state index contributed by atoms with van der Waals surface area (Å²) in [5, 5.41) is 16.5. The van der Waals surface area contributed by atoms with Gasteiger partial charge in [-0.1, -0.05) is 48.5 Å². The Morgan fingerprint density at radius 2 is 1.35 bits per heavy atom. The van der Waals surface area contributed by atoms with Gasteiger partial charge in [0.25, 0.3) is 0 Å². The number of nitriles is 1. The molecule has 5 aromatic rings. The largest absolute Gasteiger partial charge is 0.435 e. The van der Waals surface area contributed by atoms with Crippen molar-refractivity contribution in [3.05, 3.63) is 96.2 Å². The fourth-order valence-electron chi connectivity index (χ4n) is 3.86. The molecule has 0 atom stereocenters. The van der Waals surface area contributed by atoms with Crippen LogP contribution in [0.5, 0.6) is 0 Å². The highest BCUT2D eigenvalue weighted by Gasteiger charge is 2.35. The lowest BCUT2D eigenvalue weighted by Crippen LogP contribution is -2.07. The van der Waals surface area contributed by atoms with Gasteiger partial charge in [0.1, 0.15) is 0 Å². The summed E-state index contributed by atoms with van der Waals surface area (Å²) in [6, 6.07) is 26.7. The normalized spacial score (nSPS) is 11.7. The third-order valence-corrected chi connectivity index (χ3v) is 5.27. The first-order valence-electron chi connectivity index (χ1n) is 9.54. The van der Waals surface area contributed by atoms with Gasteiger partial charge in [-0.05, 0) is 57.9 Å². The number of hydrogen-bond donors (Lipinski definition) is 0. The maximum absolute atomic E-state index is 13.6. The molecule has 4 aromatic carbocycles.